The van der Waals surface area contributed by atoms with Crippen molar-refractivity contribution in [2.45, 2.75) is 6.92 Å². The molecule has 0 fully saturated rings. The lowest BCUT2D eigenvalue weighted by molar-refractivity contribution is -0.131. The van der Waals surface area contributed by atoms with Gasteiger partial charge >= 0.3 is 11.9 Å². The minimum Gasteiger partial charge on any atom is -0.478 e. The van der Waals surface area contributed by atoms with Crippen LogP contribution in [-0.2, 0) is 9.53 Å². The molecule has 4 nitrogen and oxygen atoms in total. The zero-order valence-electron chi connectivity index (χ0n) is 8.84. The van der Waals surface area contributed by atoms with E-state index < -0.39 is 11.9 Å². The fourth-order valence-electron chi connectivity index (χ4n) is 1.20. The third kappa shape index (κ3) is 3.24. The van der Waals surface area contributed by atoms with E-state index in [0.29, 0.717) is 11.1 Å². The normalized spacial score (nSPS) is 10.3. The summed E-state index contributed by atoms with van der Waals surface area (Å²) in [6.07, 6.45) is 2.35. The Morgan fingerprint density at radius 1 is 1.38 bits per heavy atom. The summed E-state index contributed by atoms with van der Waals surface area (Å²) in [5, 5.41) is 8.50. The molecule has 0 radical (unpaired) electrons. The number of carboxylic acid groups (broad SMARTS) is 1. The third-order valence-corrected chi connectivity index (χ3v) is 1.86. The second-order valence-corrected chi connectivity index (χ2v) is 2.98. The van der Waals surface area contributed by atoms with E-state index in [4.69, 9.17) is 9.84 Å². The molecule has 1 aromatic carbocycles. The number of aliphatic carboxylic acids is 1. The summed E-state index contributed by atoms with van der Waals surface area (Å²) >= 11 is 0. The number of rotatable bonds is 4. The van der Waals surface area contributed by atoms with E-state index in [2.05, 4.69) is 0 Å². The van der Waals surface area contributed by atoms with Crippen molar-refractivity contribution in [3.8, 4) is 0 Å². The van der Waals surface area contributed by atoms with E-state index in [1.165, 1.54) is 6.08 Å². The summed E-state index contributed by atoms with van der Waals surface area (Å²) in [5.41, 5.74) is 0.894. The predicted molar refractivity (Wildman–Crippen MR) is 59.1 cm³/mol. The standard InChI is InChI=1S/C12H12O4/c1-2-16-12(15)10-6-4-3-5-9(10)7-8-11(13)14/h3-8H,2H2,1H3,(H,13,14). The summed E-state index contributed by atoms with van der Waals surface area (Å²) in [5.74, 6) is -1.51. The summed E-state index contributed by atoms with van der Waals surface area (Å²) < 4.78 is 4.86. The van der Waals surface area contributed by atoms with Gasteiger partial charge in [-0.3, -0.25) is 0 Å². The molecule has 0 aliphatic carbocycles. The fourth-order valence-corrected chi connectivity index (χ4v) is 1.20. The molecule has 0 heterocycles. The molecule has 0 saturated carbocycles. The van der Waals surface area contributed by atoms with E-state index in [0.717, 1.165) is 6.08 Å². The molecule has 0 unspecified atom stereocenters. The maximum atomic E-state index is 11.5. The number of ether oxygens (including phenoxy) is 1. The molecule has 0 saturated heterocycles. The van der Waals surface area contributed by atoms with Crippen molar-refractivity contribution in [2.24, 2.45) is 0 Å². The highest BCUT2D eigenvalue weighted by molar-refractivity contribution is 5.95. The second-order valence-electron chi connectivity index (χ2n) is 2.98. The van der Waals surface area contributed by atoms with Gasteiger partial charge in [-0.05, 0) is 24.6 Å². The van der Waals surface area contributed by atoms with Crippen molar-refractivity contribution < 1.29 is 19.4 Å². The maximum Gasteiger partial charge on any atom is 0.338 e. The molecule has 4 heteroatoms. The van der Waals surface area contributed by atoms with Gasteiger partial charge in [0.2, 0.25) is 0 Å². The topological polar surface area (TPSA) is 63.6 Å². The van der Waals surface area contributed by atoms with Crippen molar-refractivity contribution in [3.63, 3.8) is 0 Å². The minimum absolute atomic E-state index is 0.288. The lowest BCUT2D eigenvalue weighted by Gasteiger charge is -2.04. The predicted octanol–water partition coefficient (Wildman–Crippen LogP) is 1.96. The average Bonchev–Trinajstić information content (AvgIpc) is 2.27. The first-order chi connectivity index (χ1) is 7.65. The molecular weight excluding hydrogens is 208 g/mol. The quantitative estimate of drug-likeness (QED) is 0.622. The SMILES string of the molecule is CCOC(=O)c1ccccc1C=CC(=O)O. The Morgan fingerprint density at radius 3 is 2.69 bits per heavy atom. The molecule has 0 aromatic heterocycles. The molecule has 0 aliphatic heterocycles. The number of carbonyl (C=O) groups excluding carboxylic acids is 1. The highest BCUT2D eigenvalue weighted by Crippen LogP contribution is 2.12. The Hall–Kier alpha value is -2.10. The van der Waals surface area contributed by atoms with Crippen LogP contribution in [0.1, 0.15) is 22.8 Å². The van der Waals surface area contributed by atoms with Crippen molar-refractivity contribution in [3.05, 3.63) is 41.5 Å². The van der Waals surface area contributed by atoms with Gasteiger partial charge in [0.25, 0.3) is 0 Å². The molecule has 0 spiro atoms. The first-order valence-electron chi connectivity index (χ1n) is 4.82. The molecule has 84 valence electrons. The van der Waals surface area contributed by atoms with Crippen LogP contribution in [0.3, 0.4) is 0 Å². The van der Waals surface area contributed by atoms with Crippen LogP contribution in [0.4, 0.5) is 0 Å². The number of benzene rings is 1. The van der Waals surface area contributed by atoms with Crippen LogP contribution in [0, 0.1) is 0 Å². The molecule has 0 amide bonds. The van der Waals surface area contributed by atoms with Gasteiger partial charge in [-0.2, -0.15) is 0 Å². The van der Waals surface area contributed by atoms with E-state index in [9.17, 15) is 9.59 Å². The third-order valence-electron chi connectivity index (χ3n) is 1.86. The molecule has 0 aliphatic rings. The lowest BCUT2D eigenvalue weighted by Crippen LogP contribution is -2.06. The second kappa shape index (κ2) is 5.70. The summed E-state index contributed by atoms with van der Waals surface area (Å²) in [4.78, 5) is 21.9. The first-order valence-corrected chi connectivity index (χ1v) is 4.82. The Balaban J connectivity index is 3.00. The molecular formula is C12H12O4. The van der Waals surface area contributed by atoms with Crippen LogP contribution in [0.25, 0.3) is 6.08 Å². The van der Waals surface area contributed by atoms with Gasteiger partial charge < -0.3 is 9.84 Å². The number of hydrogen-bond acceptors (Lipinski definition) is 3. The zero-order chi connectivity index (χ0) is 12.0. The molecule has 0 bridgehead atoms. The molecule has 1 N–H and O–H groups in total. The van der Waals surface area contributed by atoms with Crippen molar-refractivity contribution in [1.29, 1.82) is 0 Å². The number of esters is 1. The highest BCUT2D eigenvalue weighted by atomic mass is 16.5. The van der Waals surface area contributed by atoms with Crippen LogP contribution >= 0.6 is 0 Å². The van der Waals surface area contributed by atoms with E-state index >= 15 is 0 Å². The fraction of sp³-hybridized carbons (Fsp3) is 0.167. The molecule has 1 rings (SSSR count). The Kier molecular flexibility index (Phi) is 4.27. The molecule has 16 heavy (non-hydrogen) atoms. The van der Waals surface area contributed by atoms with Crippen molar-refractivity contribution >= 4 is 18.0 Å². The summed E-state index contributed by atoms with van der Waals surface area (Å²) in [6.45, 7) is 2.00. The summed E-state index contributed by atoms with van der Waals surface area (Å²) in [6, 6.07) is 6.68. The van der Waals surface area contributed by atoms with Crippen LogP contribution in [0.2, 0.25) is 0 Å². The number of hydrogen-bond donors (Lipinski definition) is 1. The lowest BCUT2D eigenvalue weighted by atomic mass is 10.1. The van der Waals surface area contributed by atoms with Crippen LogP contribution in [0.15, 0.2) is 30.3 Å². The van der Waals surface area contributed by atoms with Gasteiger partial charge in [0, 0.05) is 6.08 Å². The Bertz CT molecular complexity index is 421. The van der Waals surface area contributed by atoms with Gasteiger partial charge in [-0.1, -0.05) is 18.2 Å². The van der Waals surface area contributed by atoms with Gasteiger partial charge in [-0.25, -0.2) is 9.59 Å². The van der Waals surface area contributed by atoms with Crippen LogP contribution < -0.4 is 0 Å². The van der Waals surface area contributed by atoms with E-state index in [1.54, 1.807) is 31.2 Å². The zero-order valence-corrected chi connectivity index (χ0v) is 8.84. The molecule has 1 aromatic rings. The van der Waals surface area contributed by atoms with Crippen molar-refractivity contribution in [1.82, 2.24) is 0 Å². The average molecular weight is 220 g/mol. The maximum absolute atomic E-state index is 11.5. The largest absolute Gasteiger partial charge is 0.478 e. The number of carboxylic acids is 1. The van der Waals surface area contributed by atoms with Gasteiger partial charge in [0.15, 0.2) is 0 Å². The van der Waals surface area contributed by atoms with E-state index in [1.807, 2.05) is 0 Å². The van der Waals surface area contributed by atoms with Crippen molar-refractivity contribution in [2.75, 3.05) is 6.61 Å². The van der Waals surface area contributed by atoms with Crippen LogP contribution in [0.5, 0.6) is 0 Å². The van der Waals surface area contributed by atoms with Crippen LogP contribution in [-0.4, -0.2) is 23.7 Å². The van der Waals surface area contributed by atoms with Gasteiger partial charge in [-0.15, -0.1) is 0 Å². The smallest absolute Gasteiger partial charge is 0.338 e. The van der Waals surface area contributed by atoms with E-state index in [-0.39, 0.29) is 6.61 Å². The Labute approximate surface area is 93.2 Å². The highest BCUT2D eigenvalue weighted by Gasteiger charge is 2.09. The number of carbonyl (C=O) groups is 2. The van der Waals surface area contributed by atoms with Gasteiger partial charge in [0.1, 0.15) is 0 Å². The summed E-state index contributed by atoms with van der Waals surface area (Å²) in [7, 11) is 0. The van der Waals surface area contributed by atoms with Gasteiger partial charge in [0.05, 0.1) is 12.2 Å². The minimum atomic E-state index is -1.06. The monoisotopic (exact) mass is 220 g/mol. The first kappa shape index (κ1) is 12.0. The Morgan fingerprint density at radius 2 is 2.06 bits per heavy atom. The molecule has 0 atom stereocenters.